The van der Waals surface area contributed by atoms with Gasteiger partial charge in [0.25, 0.3) is 0 Å². The van der Waals surface area contributed by atoms with Crippen LogP contribution < -0.4 is 10.6 Å². The lowest BCUT2D eigenvalue weighted by molar-refractivity contribution is -0.121. The third-order valence-corrected chi connectivity index (χ3v) is 6.25. The minimum absolute atomic E-state index is 0.150. The standard InChI is InChI=1S/C17H29N5OS2/c1-3-19-16(20-7-4-11-24-17-21-8-12-25-17)22-9-5-14(6-10-22)13-15(23)18-2/h8,12,14H,3-7,9-11,13H2,1-2H3,(H,18,23)(H,19,20). The van der Waals surface area contributed by atoms with Crippen LogP contribution in [0, 0.1) is 5.92 Å². The van der Waals surface area contributed by atoms with Crippen molar-refractivity contribution >= 4 is 35.0 Å². The largest absolute Gasteiger partial charge is 0.359 e. The van der Waals surface area contributed by atoms with Gasteiger partial charge < -0.3 is 15.5 Å². The molecule has 140 valence electrons. The van der Waals surface area contributed by atoms with Gasteiger partial charge in [0, 0.05) is 57.0 Å². The normalized spacial score (nSPS) is 16.1. The Morgan fingerprint density at radius 2 is 2.28 bits per heavy atom. The average molecular weight is 384 g/mol. The molecular weight excluding hydrogens is 354 g/mol. The minimum Gasteiger partial charge on any atom is -0.359 e. The van der Waals surface area contributed by atoms with Crippen molar-refractivity contribution in [1.82, 2.24) is 20.5 Å². The first-order valence-corrected chi connectivity index (χ1v) is 10.9. The number of nitrogens with zero attached hydrogens (tertiary/aromatic N) is 3. The van der Waals surface area contributed by atoms with Gasteiger partial charge in [-0.3, -0.25) is 9.79 Å². The molecule has 2 rings (SSSR count). The second-order valence-electron chi connectivity index (χ2n) is 6.04. The van der Waals surface area contributed by atoms with Crippen LogP contribution in [0.1, 0.15) is 32.6 Å². The van der Waals surface area contributed by atoms with Crippen LogP contribution in [0.3, 0.4) is 0 Å². The Morgan fingerprint density at radius 1 is 1.48 bits per heavy atom. The molecule has 0 aromatic carbocycles. The number of likely N-dealkylation sites (tertiary alicyclic amines) is 1. The molecule has 1 aromatic heterocycles. The maximum absolute atomic E-state index is 11.5. The summed E-state index contributed by atoms with van der Waals surface area (Å²) in [5.74, 6) is 2.70. The van der Waals surface area contributed by atoms with Crippen LogP contribution in [0.15, 0.2) is 20.9 Å². The predicted octanol–water partition coefficient (Wildman–Crippen LogP) is 2.44. The van der Waals surface area contributed by atoms with Gasteiger partial charge in [0.05, 0.1) is 0 Å². The highest BCUT2D eigenvalue weighted by atomic mass is 32.2. The lowest BCUT2D eigenvalue weighted by Gasteiger charge is -2.34. The Kier molecular flexibility index (Phi) is 9.10. The molecule has 8 heteroatoms. The second kappa shape index (κ2) is 11.4. The summed E-state index contributed by atoms with van der Waals surface area (Å²) in [6.45, 7) is 5.76. The van der Waals surface area contributed by atoms with Crippen molar-refractivity contribution in [2.75, 3.05) is 39.0 Å². The molecule has 0 aliphatic carbocycles. The van der Waals surface area contributed by atoms with Crippen molar-refractivity contribution < 1.29 is 4.79 Å². The molecule has 0 saturated carbocycles. The van der Waals surface area contributed by atoms with E-state index < -0.39 is 0 Å². The molecule has 0 bridgehead atoms. The highest BCUT2D eigenvalue weighted by molar-refractivity contribution is 8.00. The summed E-state index contributed by atoms with van der Waals surface area (Å²) in [5.41, 5.74) is 0. The molecule has 1 aliphatic heterocycles. The van der Waals surface area contributed by atoms with E-state index in [1.54, 1.807) is 30.1 Å². The maximum Gasteiger partial charge on any atom is 0.220 e. The first kappa shape index (κ1) is 20.0. The number of thioether (sulfide) groups is 1. The third kappa shape index (κ3) is 7.23. The number of thiazole rings is 1. The van der Waals surface area contributed by atoms with Gasteiger partial charge >= 0.3 is 0 Å². The van der Waals surface area contributed by atoms with Gasteiger partial charge in [-0.15, -0.1) is 11.3 Å². The molecule has 0 radical (unpaired) electrons. The number of hydrogen-bond acceptors (Lipinski definition) is 5. The van der Waals surface area contributed by atoms with Crippen LogP contribution in [0.4, 0.5) is 0 Å². The van der Waals surface area contributed by atoms with Gasteiger partial charge in [0.2, 0.25) is 5.91 Å². The van der Waals surface area contributed by atoms with Crippen molar-refractivity contribution in [3.8, 4) is 0 Å². The van der Waals surface area contributed by atoms with Gasteiger partial charge in [-0.05, 0) is 32.1 Å². The minimum atomic E-state index is 0.150. The second-order valence-corrected chi connectivity index (χ2v) is 8.28. The summed E-state index contributed by atoms with van der Waals surface area (Å²) in [6, 6.07) is 0. The number of carbonyl (C=O) groups is 1. The van der Waals surface area contributed by atoms with Crippen molar-refractivity contribution in [1.29, 1.82) is 0 Å². The van der Waals surface area contributed by atoms with Gasteiger partial charge in [0.15, 0.2) is 5.96 Å². The van der Waals surface area contributed by atoms with Crippen molar-refractivity contribution in [2.45, 2.75) is 36.9 Å². The molecule has 25 heavy (non-hydrogen) atoms. The third-order valence-electron chi connectivity index (χ3n) is 4.20. The summed E-state index contributed by atoms with van der Waals surface area (Å²) < 4.78 is 1.13. The SMILES string of the molecule is CCNC(=NCCCSc1nccs1)N1CCC(CC(=O)NC)CC1. The molecule has 1 fully saturated rings. The number of carbonyl (C=O) groups excluding carboxylic acids is 1. The van der Waals surface area contributed by atoms with E-state index in [1.165, 1.54) is 0 Å². The lowest BCUT2D eigenvalue weighted by atomic mass is 9.93. The number of hydrogen-bond donors (Lipinski definition) is 2. The van der Waals surface area contributed by atoms with Crippen molar-refractivity contribution in [3.63, 3.8) is 0 Å². The zero-order valence-electron chi connectivity index (χ0n) is 15.2. The number of nitrogens with one attached hydrogen (secondary N) is 2. The van der Waals surface area contributed by atoms with Crippen molar-refractivity contribution in [2.24, 2.45) is 10.9 Å². The van der Waals surface area contributed by atoms with Crippen LogP contribution in [-0.4, -0.2) is 60.7 Å². The highest BCUT2D eigenvalue weighted by Crippen LogP contribution is 2.21. The fraction of sp³-hybridized carbons (Fsp3) is 0.706. The molecule has 0 spiro atoms. The monoisotopic (exact) mass is 383 g/mol. The molecule has 1 aromatic rings. The molecule has 0 atom stereocenters. The number of aromatic nitrogens is 1. The van der Waals surface area contributed by atoms with E-state index >= 15 is 0 Å². The Hall–Kier alpha value is -1.28. The number of amides is 1. The quantitative estimate of drug-likeness (QED) is 0.312. The van der Waals surface area contributed by atoms with E-state index in [0.29, 0.717) is 12.3 Å². The number of piperidine rings is 1. The van der Waals surface area contributed by atoms with Crippen LogP contribution in [0.2, 0.25) is 0 Å². The van der Waals surface area contributed by atoms with E-state index in [0.717, 1.165) is 61.5 Å². The maximum atomic E-state index is 11.5. The number of rotatable bonds is 8. The van der Waals surface area contributed by atoms with E-state index in [2.05, 4.69) is 27.4 Å². The van der Waals surface area contributed by atoms with Crippen LogP contribution in [-0.2, 0) is 4.79 Å². The smallest absolute Gasteiger partial charge is 0.220 e. The van der Waals surface area contributed by atoms with Crippen LogP contribution in [0.5, 0.6) is 0 Å². The average Bonchev–Trinajstić information content (AvgIpc) is 3.14. The number of aliphatic imine (C=N–C) groups is 1. The van der Waals surface area contributed by atoms with Gasteiger partial charge in [-0.25, -0.2) is 4.98 Å². The van der Waals surface area contributed by atoms with Crippen LogP contribution >= 0.6 is 23.1 Å². The molecule has 1 aliphatic rings. The van der Waals surface area contributed by atoms with E-state index in [9.17, 15) is 4.79 Å². The first-order valence-electron chi connectivity index (χ1n) is 8.99. The molecule has 0 unspecified atom stereocenters. The Balaban J connectivity index is 1.72. The van der Waals surface area contributed by atoms with E-state index in [4.69, 9.17) is 4.99 Å². The molecule has 1 saturated heterocycles. The zero-order chi connectivity index (χ0) is 17.9. The Morgan fingerprint density at radius 3 is 2.92 bits per heavy atom. The molecular formula is C17H29N5OS2. The summed E-state index contributed by atoms with van der Waals surface area (Å²) in [7, 11) is 1.71. The topological polar surface area (TPSA) is 69.6 Å². The fourth-order valence-corrected chi connectivity index (χ4v) is 4.46. The molecule has 2 N–H and O–H groups in total. The first-order chi connectivity index (χ1) is 12.2. The van der Waals surface area contributed by atoms with Crippen LogP contribution in [0.25, 0.3) is 0 Å². The fourth-order valence-electron chi connectivity index (χ4n) is 2.83. The lowest BCUT2D eigenvalue weighted by Crippen LogP contribution is -2.46. The molecule has 1 amide bonds. The summed E-state index contributed by atoms with van der Waals surface area (Å²) in [4.78, 5) is 22.9. The zero-order valence-corrected chi connectivity index (χ0v) is 16.8. The Bertz CT molecular complexity index is 527. The molecule has 2 heterocycles. The summed E-state index contributed by atoms with van der Waals surface area (Å²) in [6.07, 6.45) is 5.65. The molecule has 6 nitrogen and oxygen atoms in total. The van der Waals surface area contributed by atoms with E-state index in [-0.39, 0.29) is 5.91 Å². The summed E-state index contributed by atoms with van der Waals surface area (Å²) in [5, 5.41) is 8.14. The predicted molar refractivity (Wildman–Crippen MR) is 106 cm³/mol. The summed E-state index contributed by atoms with van der Waals surface area (Å²) >= 11 is 3.49. The Labute approximate surface area is 158 Å². The number of guanidine groups is 1. The highest BCUT2D eigenvalue weighted by Gasteiger charge is 2.22. The van der Waals surface area contributed by atoms with Gasteiger partial charge in [-0.1, -0.05) is 11.8 Å². The van der Waals surface area contributed by atoms with Gasteiger partial charge in [0.1, 0.15) is 4.34 Å². The van der Waals surface area contributed by atoms with Gasteiger partial charge in [-0.2, -0.15) is 0 Å². The van der Waals surface area contributed by atoms with Crippen molar-refractivity contribution in [3.05, 3.63) is 11.6 Å². The van der Waals surface area contributed by atoms with E-state index in [1.807, 2.05) is 11.6 Å².